The Morgan fingerprint density at radius 3 is 2.53 bits per heavy atom. The Morgan fingerprint density at radius 1 is 1.16 bits per heavy atom. The van der Waals surface area contributed by atoms with Gasteiger partial charge in [0.15, 0.2) is 5.82 Å². The van der Waals surface area contributed by atoms with Crippen LogP contribution in [0.1, 0.15) is 0 Å². The van der Waals surface area contributed by atoms with Gasteiger partial charge in [-0.15, -0.1) is 0 Å². The molecule has 0 spiro atoms. The van der Waals surface area contributed by atoms with E-state index in [1.807, 2.05) is 0 Å². The van der Waals surface area contributed by atoms with E-state index >= 15 is 0 Å². The Morgan fingerprint density at radius 2 is 1.89 bits per heavy atom. The summed E-state index contributed by atoms with van der Waals surface area (Å²) in [5, 5.41) is -0.210. The number of hydrogen-bond donors (Lipinski definition) is 1. The van der Waals surface area contributed by atoms with E-state index < -0.39 is 20.9 Å². The molecule has 0 saturated heterocycles. The van der Waals surface area contributed by atoms with E-state index in [0.717, 1.165) is 6.07 Å². The molecular weight excluding hydrogens is 314 g/mol. The summed E-state index contributed by atoms with van der Waals surface area (Å²) in [4.78, 5) is 3.50. The van der Waals surface area contributed by atoms with E-state index in [-0.39, 0.29) is 15.7 Å². The maximum atomic E-state index is 13.4. The van der Waals surface area contributed by atoms with Crippen LogP contribution in [0.2, 0.25) is 10.0 Å². The average molecular weight is 321 g/mol. The van der Waals surface area contributed by atoms with Gasteiger partial charge in [-0.25, -0.2) is 9.37 Å². The molecule has 0 bridgehead atoms. The van der Waals surface area contributed by atoms with E-state index in [0.29, 0.717) is 0 Å². The van der Waals surface area contributed by atoms with Crippen LogP contribution in [0, 0.1) is 5.82 Å². The number of rotatable bonds is 3. The molecule has 0 radical (unpaired) electrons. The number of anilines is 1. The van der Waals surface area contributed by atoms with Crippen LogP contribution in [-0.2, 0) is 10.0 Å². The minimum absolute atomic E-state index is 0.166. The van der Waals surface area contributed by atoms with Crippen molar-refractivity contribution in [1.29, 1.82) is 0 Å². The third-order valence-corrected chi connectivity index (χ3v) is 4.20. The van der Waals surface area contributed by atoms with Gasteiger partial charge in [-0.3, -0.25) is 4.72 Å². The number of benzene rings is 1. The Kier molecular flexibility index (Phi) is 3.93. The molecule has 0 atom stereocenters. The molecule has 1 aromatic heterocycles. The third kappa shape index (κ3) is 3.15. The van der Waals surface area contributed by atoms with Crippen LogP contribution in [0.15, 0.2) is 41.6 Å². The Labute approximate surface area is 119 Å². The SMILES string of the molecule is O=S(=O)(Nc1ccc(Cl)c(Cl)c1)c1ncccc1F. The van der Waals surface area contributed by atoms with E-state index in [4.69, 9.17) is 23.2 Å². The zero-order valence-electron chi connectivity index (χ0n) is 9.27. The fourth-order valence-electron chi connectivity index (χ4n) is 1.33. The van der Waals surface area contributed by atoms with Crippen molar-refractivity contribution >= 4 is 38.9 Å². The average Bonchev–Trinajstić information content (AvgIpc) is 2.34. The Bertz CT molecular complexity index is 722. The number of pyridine rings is 1. The lowest BCUT2D eigenvalue weighted by Gasteiger charge is -2.08. The highest BCUT2D eigenvalue weighted by atomic mass is 35.5. The van der Waals surface area contributed by atoms with Crippen LogP contribution in [0.4, 0.5) is 10.1 Å². The molecule has 2 rings (SSSR count). The summed E-state index contributed by atoms with van der Waals surface area (Å²) >= 11 is 11.5. The second-order valence-corrected chi connectivity index (χ2v) is 5.94. The zero-order valence-corrected chi connectivity index (χ0v) is 11.6. The number of nitrogens with zero attached hydrogens (tertiary/aromatic N) is 1. The first-order valence-electron chi connectivity index (χ1n) is 4.98. The van der Waals surface area contributed by atoms with Crippen molar-refractivity contribution in [3.8, 4) is 0 Å². The summed E-state index contributed by atoms with van der Waals surface area (Å²) < 4.78 is 39.4. The molecule has 1 aromatic carbocycles. The van der Waals surface area contributed by atoms with Gasteiger partial charge in [-0.1, -0.05) is 23.2 Å². The smallest absolute Gasteiger partial charge is 0.278 e. The van der Waals surface area contributed by atoms with Crippen molar-refractivity contribution in [2.45, 2.75) is 5.03 Å². The maximum Gasteiger partial charge on any atom is 0.282 e. The minimum Gasteiger partial charge on any atom is -0.278 e. The number of nitrogens with one attached hydrogen (secondary N) is 1. The van der Waals surface area contributed by atoms with Crippen molar-refractivity contribution in [2.24, 2.45) is 0 Å². The molecule has 1 N–H and O–H groups in total. The van der Waals surface area contributed by atoms with Crippen LogP contribution in [0.3, 0.4) is 0 Å². The molecule has 19 heavy (non-hydrogen) atoms. The van der Waals surface area contributed by atoms with Crippen LogP contribution in [-0.4, -0.2) is 13.4 Å². The maximum absolute atomic E-state index is 13.4. The van der Waals surface area contributed by atoms with E-state index in [1.165, 1.54) is 30.5 Å². The van der Waals surface area contributed by atoms with Crippen molar-refractivity contribution in [2.75, 3.05) is 4.72 Å². The van der Waals surface area contributed by atoms with E-state index in [1.54, 1.807) is 0 Å². The molecule has 0 amide bonds. The number of aromatic nitrogens is 1. The van der Waals surface area contributed by atoms with Gasteiger partial charge < -0.3 is 0 Å². The molecule has 0 saturated carbocycles. The fourth-order valence-corrected chi connectivity index (χ4v) is 2.69. The Hall–Kier alpha value is -1.37. The molecule has 100 valence electrons. The predicted octanol–water partition coefficient (Wildman–Crippen LogP) is 3.33. The van der Waals surface area contributed by atoms with Gasteiger partial charge in [0.2, 0.25) is 5.03 Å². The van der Waals surface area contributed by atoms with Crippen LogP contribution in [0.25, 0.3) is 0 Å². The first-order chi connectivity index (χ1) is 8.90. The fraction of sp³-hybridized carbons (Fsp3) is 0. The van der Waals surface area contributed by atoms with Crippen molar-refractivity contribution in [1.82, 2.24) is 4.98 Å². The largest absolute Gasteiger partial charge is 0.282 e. The molecule has 4 nitrogen and oxygen atoms in total. The lowest BCUT2D eigenvalue weighted by molar-refractivity contribution is 0.557. The van der Waals surface area contributed by atoms with Gasteiger partial charge in [0.1, 0.15) is 0 Å². The summed E-state index contributed by atoms with van der Waals surface area (Å²) in [6, 6.07) is 6.47. The summed E-state index contributed by atoms with van der Waals surface area (Å²) in [5.74, 6) is -0.935. The molecule has 0 aliphatic heterocycles. The van der Waals surface area contributed by atoms with E-state index in [9.17, 15) is 12.8 Å². The highest BCUT2D eigenvalue weighted by molar-refractivity contribution is 7.92. The first kappa shape index (κ1) is 14.0. The summed E-state index contributed by atoms with van der Waals surface area (Å²) in [5.41, 5.74) is 0.166. The van der Waals surface area contributed by atoms with Crippen LogP contribution >= 0.6 is 23.2 Å². The lowest BCUT2D eigenvalue weighted by atomic mass is 10.3. The molecule has 1 heterocycles. The van der Waals surface area contributed by atoms with Gasteiger partial charge >= 0.3 is 0 Å². The predicted molar refractivity (Wildman–Crippen MR) is 71.5 cm³/mol. The number of halogens is 3. The van der Waals surface area contributed by atoms with Crippen molar-refractivity contribution in [3.05, 3.63) is 52.4 Å². The number of sulfonamides is 1. The molecule has 0 unspecified atom stereocenters. The van der Waals surface area contributed by atoms with Gasteiger partial charge in [0, 0.05) is 6.20 Å². The molecule has 2 aromatic rings. The highest BCUT2D eigenvalue weighted by Crippen LogP contribution is 2.26. The lowest BCUT2D eigenvalue weighted by Crippen LogP contribution is -2.16. The first-order valence-corrected chi connectivity index (χ1v) is 7.22. The van der Waals surface area contributed by atoms with Crippen molar-refractivity contribution < 1.29 is 12.8 Å². The third-order valence-electron chi connectivity index (χ3n) is 2.15. The van der Waals surface area contributed by atoms with Gasteiger partial charge in [0.25, 0.3) is 10.0 Å². The summed E-state index contributed by atoms with van der Waals surface area (Å²) in [6.07, 6.45) is 1.19. The molecule has 8 heteroatoms. The van der Waals surface area contributed by atoms with Gasteiger partial charge in [-0.2, -0.15) is 8.42 Å². The quantitative estimate of drug-likeness (QED) is 0.943. The zero-order chi connectivity index (χ0) is 14.0. The second kappa shape index (κ2) is 5.32. The summed E-state index contributed by atoms with van der Waals surface area (Å²) in [6.45, 7) is 0. The molecule has 0 fully saturated rings. The molecular formula is C11H7Cl2FN2O2S. The number of hydrogen-bond acceptors (Lipinski definition) is 3. The monoisotopic (exact) mass is 320 g/mol. The second-order valence-electron chi connectivity index (χ2n) is 3.52. The highest BCUT2D eigenvalue weighted by Gasteiger charge is 2.20. The minimum atomic E-state index is -4.11. The summed E-state index contributed by atoms with van der Waals surface area (Å²) in [7, 11) is -4.11. The molecule has 0 aliphatic rings. The van der Waals surface area contributed by atoms with Gasteiger partial charge in [-0.05, 0) is 30.3 Å². The van der Waals surface area contributed by atoms with Gasteiger partial charge in [0.05, 0.1) is 15.7 Å². The van der Waals surface area contributed by atoms with Crippen molar-refractivity contribution in [3.63, 3.8) is 0 Å². The normalized spacial score (nSPS) is 11.3. The standard InChI is InChI=1S/C11H7Cl2FN2O2S/c12-8-4-3-7(6-9(8)13)16-19(17,18)11-10(14)2-1-5-15-11/h1-6,16H. The van der Waals surface area contributed by atoms with Crippen LogP contribution in [0.5, 0.6) is 0 Å². The Balaban J connectivity index is 2.37. The molecule has 0 aliphatic carbocycles. The van der Waals surface area contributed by atoms with Crippen LogP contribution < -0.4 is 4.72 Å². The topological polar surface area (TPSA) is 59.1 Å². The van der Waals surface area contributed by atoms with E-state index in [2.05, 4.69) is 9.71 Å².